The second-order valence-corrected chi connectivity index (χ2v) is 3.26. The van der Waals surface area contributed by atoms with Crippen LogP contribution in [0.15, 0.2) is 18.3 Å². The Hall–Kier alpha value is -1.10. The van der Waals surface area contributed by atoms with Crippen molar-refractivity contribution in [2.24, 2.45) is 0 Å². The normalized spacial score (nSPS) is 13.9. The van der Waals surface area contributed by atoms with E-state index < -0.39 is 11.9 Å². The van der Waals surface area contributed by atoms with Crippen molar-refractivity contribution in [2.45, 2.75) is 25.4 Å². The molecule has 0 saturated carbocycles. The third kappa shape index (κ3) is 2.92. The summed E-state index contributed by atoms with van der Waals surface area (Å²) in [6, 6.07) is 2.30. The number of aromatic nitrogens is 1. The number of alkyl halides is 3. The SMILES string of the molecule is CC[C@H](CO)c1ccc(C(F)(F)F)nc1. The monoisotopic (exact) mass is 219 g/mol. The van der Waals surface area contributed by atoms with Gasteiger partial charge in [0.1, 0.15) is 5.69 Å². The molecule has 0 unspecified atom stereocenters. The van der Waals surface area contributed by atoms with Crippen LogP contribution in [0, 0.1) is 0 Å². The zero-order valence-electron chi connectivity index (χ0n) is 8.25. The van der Waals surface area contributed by atoms with Crippen LogP contribution in [0.5, 0.6) is 0 Å². The van der Waals surface area contributed by atoms with E-state index in [0.717, 1.165) is 6.07 Å². The molecule has 0 bridgehead atoms. The minimum atomic E-state index is -4.40. The van der Waals surface area contributed by atoms with Crippen LogP contribution in [-0.4, -0.2) is 16.7 Å². The van der Waals surface area contributed by atoms with Gasteiger partial charge < -0.3 is 5.11 Å². The van der Waals surface area contributed by atoms with Crippen LogP contribution in [0.1, 0.15) is 30.5 Å². The molecular weight excluding hydrogens is 207 g/mol. The fourth-order valence-electron chi connectivity index (χ4n) is 1.28. The summed E-state index contributed by atoms with van der Waals surface area (Å²) in [4.78, 5) is 3.33. The predicted molar refractivity (Wildman–Crippen MR) is 49.4 cm³/mol. The molecule has 0 spiro atoms. The molecule has 1 atom stereocenters. The fraction of sp³-hybridized carbons (Fsp3) is 0.500. The van der Waals surface area contributed by atoms with Crippen molar-refractivity contribution in [2.75, 3.05) is 6.61 Å². The van der Waals surface area contributed by atoms with Crippen LogP contribution in [-0.2, 0) is 6.18 Å². The summed E-state index contributed by atoms with van der Waals surface area (Å²) in [7, 11) is 0. The lowest BCUT2D eigenvalue weighted by molar-refractivity contribution is -0.141. The summed E-state index contributed by atoms with van der Waals surface area (Å²) < 4.78 is 36.5. The number of aliphatic hydroxyl groups is 1. The topological polar surface area (TPSA) is 33.1 Å². The van der Waals surface area contributed by atoms with E-state index in [0.29, 0.717) is 12.0 Å². The average Bonchev–Trinajstić information content (AvgIpc) is 2.19. The van der Waals surface area contributed by atoms with Crippen LogP contribution in [0.3, 0.4) is 0 Å². The fourth-order valence-corrected chi connectivity index (χ4v) is 1.28. The Bertz CT molecular complexity index is 303. The van der Waals surface area contributed by atoms with Crippen molar-refractivity contribution >= 4 is 0 Å². The molecule has 0 aliphatic rings. The molecule has 0 aromatic carbocycles. The van der Waals surface area contributed by atoms with Gasteiger partial charge in [-0.25, -0.2) is 0 Å². The largest absolute Gasteiger partial charge is 0.433 e. The Morgan fingerprint density at radius 2 is 2.07 bits per heavy atom. The standard InChI is InChI=1S/C10H12F3NO/c1-2-7(6-15)8-3-4-9(14-5-8)10(11,12)13/h3-5,7,15H,2,6H2,1H3/t7-/m1/s1. The van der Waals surface area contributed by atoms with Gasteiger partial charge in [-0.15, -0.1) is 0 Å². The minimum Gasteiger partial charge on any atom is -0.396 e. The maximum Gasteiger partial charge on any atom is 0.433 e. The van der Waals surface area contributed by atoms with Gasteiger partial charge in [-0.1, -0.05) is 13.0 Å². The summed E-state index contributed by atoms with van der Waals surface area (Å²) in [6.45, 7) is 1.78. The third-order valence-electron chi connectivity index (χ3n) is 2.26. The first-order valence-corrected chi connectivity index (χ1v) is 4.63. The van der Waals surface area contributed by atoms with Gasteiger partial charge in [0, 0.05) is 18.7 Å². The molecule has 0 radical (unpaired) electrons. The first kappa shape index (κ1) is 12.0. The quantitative estimate of drug-likeness (QED) is 0.847. The maximum atomic E-state index is 12.2. The van der Waals surface area contributed by atoms with E-state index in [1.807, 2.05) is 6.92 Å². The van der Waals surface area contributed by atoms with Crippen molar-refractivity contribution in [1.29, 1.82) is 0 Å². The lowest BCUT2D eigenvalue weighted by Gasteiger charge is -2.12. The molecule has 0 amide bonds. The smallest absolute Gasteiger partial charge is 0.396 e. The molecule has 1 heterocycles. The van der Waals surface area contributed by atoms with E-state index in [4.69, 9.17) is 5.11 Å². The molecule has 0 aliphatic heterocycles. The molecule has 0 fully saturated rings. The van der Waals surface area contributed by atoms with Crippen molar-refractivity contribution in [3.63, 3.8) is 0 Å². The zero-order valence-corrected chi connectivity index (χ0v) is 8.25. The second kappa shape index (κ2) is 4.61. The summed E-state index contributed by atoms with van der Waals surface area (Å²) >= 11 is 0. The molecular formula is C10H12F3NO. The van der Waals surface area contributed by atoms with Gasteiger partial charge in [0.05, 0.1) is 0 Å². The highest BCUT2D eigenvalue weighted by molar-refractivity contribution is 5.19. The van der Waals surface area contributed by atoms with Gasteiger partial charge in [-0.3, -0.25) is 4.98 Å². The van der Waals surface area contributed by atoms with Crippen LogP contribution in [0.4, 0.5) is 13.2 Å². The van der Waals surface area contributed by atoms with Gasteiger partial charge in [-0.05, 0) is 18.1 Å². The van der Waals surface area contributed by atoms with Crippen molar-refractivity contribution in [3.05, 3.63) is 29.6 Å². The molecule has 2 nitrogen and oxygen atoms in total. The van der Waals surface area contributed by atoms with E-state index in [1.165, 1.54) is 12.3 Å². The Morgan fingerprint density at radius 1 is 1.40 bits per heavy atom. The van der Waals surface area contributed by atoms with Crippen LogP contribution in [0.2, 0.25) is 0 Å². The predicted octanol–water partition coefficient (Wildman–Crippen LogP) is 2.59. The summed E-state index contributed by atoms with van der Waals surface area (Å²) in [5.74, 6) is -0.139. The number of pyridine rings is 1. The molecule has 15 heavy (non-hydrogen) atoms. The van der Waals surface area contributed by atoms with Gasteiger partial charge in [0.2, 0.25) is 0 Å². The number of nitrogens with zero attached hydrogens (tertiary/aromatic N) is 1. The zero-order chi connectivity index (χ0) is 11.5. The summed E-state index contributed by atoms with van der Waals surface area (Å²) in [6.07, 6.45) is -2.56. The Labute approximate surface area is 85.8 Å². The highest BCUT2D eigenvalue weighted by atomic mass is 19.4. The van der Waals surface area contributed by atoms with Crippen LogP contribution >= 0.6 is 0 Å². The lowest BCUT2D eigenvalue weighted by atomic mass is 9.99. The van der Waals surface area contributed by atoms with E-state index in [1.54, 1.807) is 0 Å². The second-order valence-electron chi connectivity index (χ2n) is 3.26. The summed E-state index contributed by atoms with van der Waals surface area (Å²) in [5.41, 5.74) is -0.271. The third-order valence-corrected chi connectivity index (χ3v) is 2.26. The molecule has 5 heteroatoms. The van der Waals surface area contributed by atoms with Gasteiger partial charge >= 0.3 is 6.18 Å². The first-order chi connectivity index (χ1) is 6.99. The Morgan fingerprint density at radius 3 is 2.40 bits per heavy atom. The van der Waals surface area contributed by atoms with Crippen molar-refractivity contribution in [1.82, 2.24) is 4.98 Å². The van der Waals surface area contributed by atoms with Gasteiger partial charge in [0.15, 0.2) is 0 Å². The molecule has 0 aliphatic carbocycles. The maximum absolute atomic E-state index is 12.2. The minimum absolute atomic E-state index is 0.0798. The highest BCUT2D eigenvalue weighted by Gasteiger charge is 2.32. The lowest BCUT2D eigenvalue weighted by Crippen LogP contribution is -2.09. The number of hydrogen-bond donors (Lipinski definition) is 1. The number of hydrogen-bond acceptors (Lipinski definition) is 2. The molecule has 1 N–H and O–H groups in total. The van der Waals surface area contributed by atoms with Crippen LogP contribution in [0.25, 0.3) is 0 Å². The van der Waals surface area contributed by atoms with Crippen molar-refractivity contribution in [3.8, 4) is 0 Å². The van der Waals surface area contributed by atoms with Crippen molar-refractivity contribution < 1.29 is 18.3 Å². The number of aliphatic hydroxyl groups excluding tert-OH is 1. The first-order valence-electron chi connectivity index (χ1n) is 4.63. The van der Waals surface area contributed by atoms with E-state index in [-0.39, 0.29) is 12.5 Å². The highest BCUT2D eigenvalue weighted by Crippen LogP contribution is 2.28. The van der Waals surface area contributed by atoms with E-state index in [9.17, 15) is 13.2 Å². The van der Waals surface area contributed by atoms with Crippen LogP contribution < -0.4 is 0 Å². The van der Waals surface area contributed by atoms with Gasteiger partial charge in [0.25, 0.3) is 0 Å². The number of halogens is 3. The molecule has 1 aromatic rings. The Balaban J connectivity index is 2.89. The molecule has 0 saturated heterocycles. The van der Waals surface area contributed by atoms with Gasteiger partial charge in [-0.2, -0.15) is 13.2 Å². The molecule has 1 aromatic heterocycles. The molecule has 84 valence electrons. The summed E-state index contributed by atoms with van der Waals surface area (Å²) in [5, 5.41) is 8.96. The Kier molecular flexibility index (Phi) is 3.68. The number of rotatable bonds is 3. The molecule has 1 rings (SSSR count). The van der Waals surface area contributed by atoms with E-state index >= 15 is 0 Å². The average molecular weight is 219 g/mol. The van der Waals surface area contributed by atoms with E-state index in [2.05, 4.69) is 4.98 Å².